The molecule has 0 aliphatic rings. The highest BCUT2D eigenvalue weighted by Crippen LogP contribution is 2.13. The van der Waals surface area contributed by atoms with Crippen LogP contribution in [-0.4, -0.2) is 37.2 Å². The third-order valence-corrected chi connectivity index (χ3v) is 10.5. The molecule has 0 amide bonds. The number of esters is 3. The molecule has 0 rings (SSSR count). The van der Waals surface area contributed by atoms with Crippen LogP contribution < -0.4 is 0 Å². The Kier molecular flexibility index (Phi) is 47.0. The molecule has 0 heterocycles. The van der Waals surface area contributed by atoms with Gasteiger partial charge < -0.3 is 14.2 Å². The van der Waals surface area contributed by atoms with Gasteiger partial charge in [0.2, 0.25) is 0 Å². The van der Waals surface area contributed by atoms with Crippen LogP contribution in [0.2, 0.25) is 0 Å². The summed E-state index contributed by atoms with van der Waals surface area (Å²) in [6, 6.07) is 0. The first-order chi connectivity index (χ1) is 30.5. The first-order valence-electron chi connectivity index (χ1n) is 25.3. The van der Waals surface area contributed by atoms with Gasteiger partial charge in [0.1, 0.15) is 13.2 Å². The predicted octanol–water partition coefficient (Wildman–Crippen LogP) is 16.6. The van der Waals surface area contributed by atoms with E-state index in [0.29, 0.717) is 19.3 Å². The van der Waals surface area contributed by atoms with Gasteiger partial charge in [-0.15, -0.1) is 0 Å². The smallest absolute Gasteiger partial charge is 0.306 e. The molecular weight excluding hydrogens is 769 g/mol. The highest BCUT2D eigenvalue weighted by atomic mass is 16.6. The number of hydrogen-bond donors (Lipinski definition) is 0. The minimum atomic E-state index is -0.805. The molecule has 6 nitrogen and oxygen atoms in total. The maximum Gasteiger partial charge on any atom is 0.306 e. The van der Waals surface area contributed by atoms with Crippen LogP contribution in [0.4, 0.5) is 0 Å². The molecule has 1 unspecified atom stereocenters. The van der Waals surface area contributed by atoms with Gasteiger partial charge in [-0.3, -0.25) is 14.4 Å². The predicted molar refractivity (Wildman–Crippen MR) is 265 cm³/mol. The van der Waals surface area contributed by atoms with Crippen molar-refractivity contribution in [2.75, 3.05) is 13.2 Å². The van der Waals surface area contributed by atoms with E-state index in [9.17, 15) is 14.4 Å². The van der Waals surface area contributed by atoms with Gasteiger partial charge in [0.05, 0.1) is 0 Å². The van der Waals surface area contributed by atoms with E-state index in [-0.39, 0.29) is 37.5 Å². The zero-order valence-electron chi connectivity index (χ0n) is 40.1. The summed E-state index contributed by atoms with van der Waals surface area (Å²) in [5.74, 6) is -0.967. The lowest BCUT2D eigenvalue weighted by molar-refractivity contribution is -0.167. The molecule has 0 aromatic heterocycles. The van der Waals surface area contributed by atoms with Crippen molar-refractivity contribution >= 4 is 17.9 Å². The Bertz CT molecular complexity index is 1260. The molecule has 0 fully saturated rings. The molecular formula is C56H92O6. The van der Waals surface area contributed by atoms with Crippen LogP contribution >= 0.6 is 0 Å². The third kappa shape index (κ3) is 47.4. The van der Waals surface area contributed by atoms with Gasteiger partial charge in [-0.1, -0.05) is 234 Å². The lowest BCUT2D eigenvalue weighted by Gasteiger charge is -2.18. The van der Waals surface area contributed by atoms with Crippen LogP contribution in [0.3, 0.4) is 0 Å². The Hall–Kier alpha value is -3.67. The van der Waals surface area contributed by atoms with Crippen LogP contribution in [0.5, 0.6) is 0 Å². The van der Waals surface area contributed by atoms with Crippen molar-refractivity contribution in [3.8, 4) is 0 Å². The van der Waals surface area contributed by atoms with Crippen LogP contribution in [-0.2, 0) is 28.6 Å². The van der Waals surface area contributed by atoms with Crippen molar-refractivity contribution in [3.63, 3.8) is 0 Å². The second-order valence-electron chi connectivity index (χ2n) is 16.5. The van der Waals surface area contributed by atoms with Crippen molar-refractivity contribution in [2.45, 2.75) is 226 Å². The zero-order chi connectivity index (χ0) is 45.1. The molecule has 0 aliphatic heterocycles. The number of allylic oxidation sites excluding steroid dienone is 16. The van der Waals surface area contributed by atoms with Crippen molar-refractivity contribution in [2.24, 2.45) is 0 Å². The molecule has 1 atom stereocenters. The maximum absolute atomic E-state index is 12.8. The lowest BCUT2D eigenvalue weighted by atomic mass is 10.1. The van der Waals surface area contributed by atoms with E-state index in [0.717, 1.165) is 83.5 Å². The summed E-state index contributed by atoms with van der Waals surface area (Å²) in [5, 5.41) is 0. The second kappa shape index (κ2) is 50.0. The quantitative estimate of drug-likeness (QED) is 0.0263. The van der Waals surface area contributed by atoms with E-state index in [1.807, 2.05) is 60.8 Å². The Balaban J connectivity index is 4.47. The fourth-order valence-electron chi connectivity index (χ4n) is 6.70. The summed E-state index contributed by atoms with van der Waals surface area (Å²) in [7, 11) is 0. The van der Waals surface area contributed by atoms with Crippen LogP contribution in [0.15, 0.2) is 97.2 Å². The van der Waals surface area contributed by atoms with Gasteiger partial charge >= 0.3 is 17.9 Å². The van der Waals surface area contributed by atoms with Crippen molar-refractivity contribution in [3.05, 3.63) is 97.2 Å². The number of carbonyl (C=O) groups excluding carboxylic acids is 3. The molecule has 0 spiro atoms. The summed E-state index contributed by atoms with van der Waals surface area (Å²) in [6.07, 6.45) is 65.3. The normalized spacial score (nSPS) is 12.9. The molecule has 0 aliphatic carbocycles. The van der Waals surface area contributed by atoms with Gasteiger partial charge in [-0.05, 0) is 64.2 Å². The highest BCUT2D eigenvalue weighted by Gasteiger charge is 2.19. The Morgan fingerprint density at radius 2 is 0.629 bits per heavy atom. The fourth-order valence-corrected chi connectivity index (χ4v) is 6.70. The fraction of sp³-hybridized carbons (Fsp3) is 0.661. The molecule has 62 heavy (non-hydrogen) atoms. The number of rotatable bonds is 44. The Labute approximate surface area is 381 Å². The van der Waals surface area contributed by atoms with Crippen molar-refractivity contribution < 1.29 is 28.6 Å². The number of ether oxygens (including phenoxy) is 3. The summed E-state index contributed by atoms with van der Waals surface area (Å²) in [6.45, 7) is 6.41. The monoisotopic (exact) mass is 861 g/mol. The van der Waals surface area contributed by atoms with Crippen LogP contribution in [0.1, 0.15) is 220 Å². The maximum atomic E-state index is 12.8. The SMILES string of the molecule is CC\C=C/C=C\C=C/C=C\C=C\C=C/CCCCCC(=O)OC(COC(=O)CCCCCCC/C=C\C=C/CCCCCCCCC)COC(=O)CCCCCCCCCCC. The first-order valence-corrected chi connectivity index (χ1v) is 25.3. The van der Waals surface area contributed by atoms with E-state index in [4.69, 9.17) is 14.2 Å². The molecule has 0 saturated carbocycles. The topological polar surface area (TPSA) is 78.9 Å². The van der Waals surface area contributed by atoms with Crippen LogP contribution in [0.25, 0.3) is 0 Å². The average molecular weight is 861 g/mol. The largest absolute Gasteiger partial charge is 0.462 e. The summed E-state index contributed by atoms with van der Waals surface area (Å²) >= 11 is 0. The van der Waals surface area contributed by atoms with E-state index in [1.54, 1.807) is 0 Å². The number of unbranched alkanes of at least 4 members (excludes halogenated alkanes) is 23. The molecule has 6 heteroatoms. The zero-order valence-corrected chi connectivity index (χ0v) is 40.1. The van der Waals surface area contributed by atoms with Crippen LogP contribution in [0, 0.1) is 0 Å². The van der Waals surface area contributed by atoms with Gasteiger partial charge in [-0.2, -0.15) is 0 Å². The van der Waals surface area contributed by atoms with Gasteiger partial charge in [0, 0.05) is 19.3 Å². The molecule has 0 N–H and O–H groups in total. The van der Waals surface area contributed by atoms with Gasteiger partial charge in [0.25, 0.3) is 0 Å². The summed E-state index contributed by atoms with van der Waals surface area (Å²) in [5.41, 5.74) is 0. The molecule has 0 radical (unpaired) electrons. The number of carbonyl (C=O) groups is 3. The Morgan fingerprint density at radius 3 is 1.02 bits per heavy atom. The van der Waals surface area contributed by atoms with E-state index in [2.05, 4.69) is 57.2 Å². The lowest BCUT2D eigenvalue weighted by Crippen LogP contribution is -2.30. The number of hydrogen-bond acceptors (Lipinski definition) is 6. The third-order valence-electron chi connectivity index (χ3n) is 10.5. The highest BCUT2D eigenvalue weighted by molar-refractivity contribution is 5.71. The first kappa shape index (κ1) is 58.3. The van der Waals surface area contributed by atoms with Gasteiger partial charge in [-0.25, -0.2) is 0 Å². The second-order valence-corrected chi connectivity index (χ2v) is 16.5. The molecule has 0 saturated heterocycles. The molecule has 0 aromatic rings. The summed E-state index contributed by atoms with van der Waals surface area (Å²) in [4.78, 5) is 37.9. The minimum absolute atomic E-state index is 0.101. The molecule has 352 valence electrons. The minimum Gasteiger partial charge on any atom is -0.462 e. The van der Waals surface area contributed by atoms with E-state index < -0.39 is 6.10 Å². The average Bonchev–Trinajstić information content (AvgIpc) is 3.27. The Morgan fingerprint density at radius 1 is 0.339 bits per heavy atom. The van der Waals surface area contributed by atoms with Crippen molar-refractivity contribution in [1.29, 1.82) is 0 Å². The summed E-state index contributed by atoms with van der Waals surface area (Å²) < 4.78 is 16.7. The van der Waals surface area contributed by atoms with Crippen molar-refractivity contribution in [1.82, 2.24) is 0 Å². The van der Waals surface area contributed by atoms with E-state index in [1.165, 1.54) is 89.9 Å². The van der Waals surface area contributed by atoms with Gasteiger partial charge in [0.15, 0.2) is 6.10 Å². The molecule has 0 aromatic carbocycles. The van der Waals surface area contributed by atoms with E-state index >= 15 is 0 Å². The molecule has 0 bridgehead atoms. The standard InChI is InChI=1S/C56H92O6/c1-4-7-10-13-16-19-21-23-25-27-29-30-32-34-37-40-43-46-49-55(58)61-52-53(51-60-54(57)48-45-42-39-36-18-15-12-9-6-3)62-56(59)50-47-44-41-38-35-33-31-28-26-24-22-20-17-14-11-8-5-2/h8,11,14,17,20,22,24-31,33,35,53H,4-7,9-10,12-13,15-16,18-19,21,23,32,34,36-52H2,1-3H3/b11-8-,17-14-,22-20-,26-24-,27-25-,30-29-,31-28+,35-33-.